The Labute approximate surface area is 109 Å². The van der Waals surface area contributed by atoms with E-state index in [2.05, 4.69) is 29.9 Å². The second kappa shape index (κ2) is 6.53. The Hall–Kier alpha value is -1.38. The second-order valence-electron chi connectivity index (χ2n) is 4.84. The molecule has 0 radical (unpaired) electrons. The van der Waals surface area contributed by atoms with E-state index < -0.39 is 0 Å². The van der Waals surface area contributed by atoms with Crippen molar-refractivity contribution in [3.05, 3.63) is 18.0 Å². The van der Waals surface area contributed by atoms with Crippen molar-refractivity contribution >= 4 is 0 Å². The molecule has 1 rings (SSSR count). The van der Waals surface area contributed by atoms with Crippen LogP contribution in [0.4, 0.5) is 0 Å². The molecule has 18 heavy (non-hydrogen) atoms. The summed E-state index contributed by atoms with van der Waals surface area (Å²) in [6.07, 6.45) is 5.25. The van der Waals surface area contributed by atoms with E-state index in [9.17, 15) is 0 Å². The van der Waals surface area contributed by atoms with Gasteiger partial charge >= 0.3 is 0 Å². The van der Waals surface area contributed by atoms with Gasteiger partial charge in [0.1, 0.15) is 0 Å². The van der Waals surface area contributed by atoms with E-state index in [0.29, 0.717) is 6.42 Å². The number of nitriles is 1. The van der Waals surface area contributed by atoms with Gasteiger partial charge in [0.2, 0.25) is 0 Å². The van der Waals surface area contributed by atoms with Crippen LogP contribution in [-0.4, -0.2) is 33.8 Å². The molecule has 0 saturated carbocycles. The molecule has 5 heteroatoms. The summed E-state index contributed by atoms with van der Waals surface area (Å²) in [4.78, 5) is 2.18. The quantitative estimate of drug-likeness (QED) is 0.828. The first-order valence-corrected chi connectivity index (χ1v) is 6.34. The highest BCUT2D eigenvalue weighted by molar-refractivity contribution is 5.13. The fourth-order valence-corrected chi connectivity index (χ4v) is 2.15. The molecule has 1 heterocycles. The van der Waals surface area contributed by atoms with Crippen LogP contribution in [0.3, 0.4) is 0 Å². The summed E-state index contributed by atoms with van der Waals surface area (Å²) < 4.78 is 1.79. The first kappa shape index (κ1) is 14.7. The van der Waals surface area contributed by atoms with Gasteiger partial charge in [-0.25, -0.2) is 0 Å². The normalized spacial score (nSPS) is 16.3. The van der Waals surface area contributed by atoms with Crippen molar-refractivity contribution in [3.63, 3.8) is 0 Å². The van der Waals surface area contributed by atoms with Crippen LogP contribution in [0, 0.1) is 11.3 Å². The van der Waals surface area contributed by atoms with Crippen LogP contribution in [0.15, 0.2) is 12.4 Å². The SMILES string of the molecule is CCC(N)C(c1cnn(C)c1)N(C)C(C)CC#N. The first-order chi connectivity index (χ1) is 8.51. The topological polar surface area (TPSA) is 70.9 Å². The number of likely N-dealkylation sites (N-methyl/N-ethyl adjacent to an activating group) is 1. The summed E-state index contributed by atoms with van der Waals surface area (Å²) in [6, 6.07) is 2.54. The van der Waals surface area contributed by atoms with Gasteiger partial charge < -0.3 is 5.73 Å². The van der Waals surface area contributed by atoms with Gasteiger partial charge in [-0.05, 0) is 20.4 Å². The van der Waals surface area contributed by atoms with Crippen LogP contribution in [-0.2, 0) is 7.05 Å². The summed E-state index contributed by atoms with van der Waals surface area (Å²) in [5.74, 6) is 0. The van der Waals surface area contributed by atoms with Gasteiger partial charge in [0.05, 0.1) is 24.7 Å². The van der Waals surface area contributed by atoms with Gasteiger partial charge in [-0.3, -0.25) is 9.58 Å². The van der Waals surface area contributed by atoms with Crippen LogP contribution >= 0.6 is 0 Å². The van der Waals surface area contributed by atoms with Crippen molar-refractivity contribution in [3.8, 4) is 6.07 Å². The third-order valence-electron chi connectivity index (χ3n) is 3.46. The molecule has 3 unspecified atom stereocenters. The maximum atomic E-state index is 8.81. The predicted octanol–water partition coefficient (Wildman–Crippen LogP) is 1.43. The van der Waals surface area contributed by atoms with E-state index in [4.69, 9.17) is 11.0 Å². The lowest BCUT2D eigenvalue weighted by molar-refractivity contribution is 0.160. The zero-order valence-electron chi connectivity index (χ0n) is 11.7. The molecule has 1 aromatic rings. The zero-order valence-corrected chi connectivity index (χ0v) is 11.7. The summed E-state index contributed by atoms with van der Waals surface area (Å²) in [5.41, 5.74) is 7.34. The minimum atomic E-state index is 0.0420. The number of nitrogens with two attached hydrogens (primary N) is 1. The number of hydrogen-bond donors (Lipinski definition) is 1. The molecular formula is C13H23N5. The first-order valence-electron chi connectivity index (χ1n) is 6.34. The van der Waals surface area contributed by atoms with E-state index in [0.717, 1.165) is 12.0 Å². The van der Waals surface area contributed by atoms with Gasteiger partial charge in [0, 0.05) is 30.9 Å². The van der Waals surface area contributed by atoms with Crippen LogP contribution in [0.5, 0.6) is 0 Å². The van der Waals surface area contributed by atoms with Gasteiger partial charge in [0.15, 0.2) is 0 Å². The molecular weight excluding hydrogens is 226 g/mol. The lowest BCUT2D eigenvalue weighted by Gasteiger charge is -2.35. The van der Waals surface area contributed by atoms with Crippen molar-refractivity contribution in [1.29, 1.82) is 5.26 Å². The van der Waals surface area contributed by atoms with Gasteiger partial charge in [-0.2, -0.15) is 10.4 Å². The van der Waals surface area contributed by atoms with Crippen LogP contribution in [0.25, 0.3) is 0 Å². The average Bonchev–Trinajstić information content (AvgIpc) is 2.75. The Morgan fingerprint density at radius 2 is 2.28 bits per heavy atom. The fourth-order valence-electron chi connectivity index (χ4n) is 2.15. The molecule has 0 aliphatic heterocycles. The molecule has 0 aliphatic carbocycles. The molecule has 0 bridgehead atoms. The van der Waals surface area contributed by atoms with Crippen molar-refractivity contribution in [2.75, 3.05) is 7.05 Å². The standard InChI is InChI=1S/C13H23N5/c1-5-12(15)13(11-8-16-17(3)9-11)18(4)10(2)6-7-14/h8-10,12-13H,5-6,15H2,1-4H3. The molecule has 2 N–H and O–H groups in total. The number of aryl methyl sites for hydroxylation is 1. The highest BCUT2D eigenvalue weighted by Crippen LogP contribution is 2.25. The van der Waals surface area contributed by atoms with E-state index in [-0.39, 0.29) is 18.1 Å². The largest absolute Gasteiger partial charge is 0.326 e. The lowest BCUT2D eigenvalue weighted by atomic mass is 9.97. The molecule has 0 amide bonds. The fraction of sp³-hybridized carbons (Fsp3) is 0.692. The third-order valence-corrected chi connectivity index (χ3v) is 3.46. The minimum Gasteiger partial charge on any atom is -0.326 e. The molecule has 0 aromatic carbocycles. The third kappa shape index (κ3) is 3.31. The van der Waals surface area contributed by atoms with E-state index in [1.807, 2.05) is 26.5 Å². The lowest BCUT2D eigenvalue weighted by Crippen LogP contribution is -2.42. The number of aromatic nitrogens is 2. The predicted molar refractivity (Wildman–Crippen MR) is 71.7 cm³/mol. The minimum absolute atomic E-state index is 0.0420. The Balaban J connectivity index is 2.95. The van der Waals surface area contributed by atoms with Crippen molar-refractivity contribution in [2.24, 2.45) is 12.8 Å². The van der Waals surface area contributed by atoms with Crippen LogP contribution < -0.4 is 5.73 Å². The summed E-state index contributed by atoms with van der Waals surface area (Å²) in [6.45, 7) is 4.13. The number of hydrogen-bond acceptors (Lipinski definition) is 4. The monoisotopic (exact) mass is 249 g/mol. The highest BCUT2D eigenvalue weighted by Gasteiger charge is 2.27. The Morgan fingerprint density at radius 3 is 2.72 bits per heavy atom. The van der Waals surface area contributed by atoms with Crippen molar-refractivity contribution in [1.82, 2.24) is 14.7 Å². The van der Waals surface area contributed by atoms with E-state index >= 15 is 0 Å². The van der Waals surface area contributed by atoms with Crippen molar-refractivity contribution < 1.29 is 0 Å². The van der Waals surface area contributed by atoms with Crippen LogP contribution in [0.1, 0.15) is 38.3 Å². The molecule has 0 spiro atoms. The number of rotatable bonds is 6. The van der Waals surface area contributed by atoms with Crippen molar-refractivity contribution in [2.45, 2.75) is 44.8 Å². The summed E-state index contributed by atoms with van der Waals surface area (Å²) >= 11 is 0. The van der Waals surface area contributed by atoms with Gasteiger partial charge in [-0.1, -0.05) is 6.92 Å². The molecule has 100 valence electrons. The Bertz CT molecular complexity index is 406. The summed E-state index contributed by atoms with van der Waals surface area (Å²) in [7, 11) is 3.92. The maximum Gasteiger partial charge on any atom is 0.0638 e. The highest BCUT2D eigenvalue weighted by atomic mass is 15.3. The zero-order chi connectivity index (χ0) is 13.7. The second-order valence-corrected chi connectivity index (χ2v) is 4.84. The smallest absolute Gasteiger partial charge is 0.0638 e. The molecule has 0 saturated heterocycles. The Kier molecular flexibility index (Phi) is 5.32. The summed E-state index contributed by atoms with van der Waals surface area (Å²) in [5, 5.41) is 13.0. The molecule has 5 nitrogen and oxygen atoms in total. The van der Waals surface area contributed by atoms with Crippen LogP contribution in [0.2, 0.25) is 0 Å². The molecule has 0 aliphatic rings. The average molecular weight is 249 g/mol. The molecule has 0 fully saturated rings. The van der Waals surface area contributed by atoms with Gasteiger partial charge in [-0.15, -0.1) is 0 Å². The molecule has 1 aromatic heterocycles. The van der Waals surface area contributed by atoms with Gasteiger partial charge in [0.25, 0.3) is 0 Å². The maximum absolute atomic E-state index is 8.81. The molecule has 3 atom stereocenters. The number of nitrogens with zero attached hydrogens (tertiary/aromatic N) is 4. The van der Waals surface area contributed by atoms with E-state index in [1.54, 1.807) is 4.68 Å². The van der Waals surface area contributed by atoms with E-state index in [1.165, 1.54) is 0 Å². The Morgan fingerprint density at radius 1 is 1.61 bits per heavy atom.